The zero-order chi connectivity index (χ0) is 17.9. The molecule has 0 saturated heterocycles. The molecule has 0 atom stereocenters. The number of anilines is 3. The first kappa shape index (κ1) is 17.0. The van der Waals surface area contributed by atoms with Gasteiger partial charge in [-0.1, -0.05) is 35.4 Å². The number of rotatable bonds is 5. The minimum Gasteiger partial charge on any atom is -0.340 e. The summed E-state index contributed by atoms with van der Waals surface area (Å²) in [6.07, 6.45) is 1.49. The monoisotopic (exact) mass is 353 g/mol. The molecule has 0 unspecified atom stereocenters. The topological polar surface area (TPSA) is 71.1 Å². The summed E-state index contributed by atoms with van der Waals surface area (Å²) in [6, 6.07) is 18.0. The number of sulfonamides is 1. The Kier molecular flexibility index (Phi) is 4.72. The summed E-state index contributed by atoms with van der Waals surface area (Å²) in [4.78, 5) is 4.47. The van der Waals surface area contributed by atoms with Gasteiger partial charge in [0.05, 0.1) is 16.8 Å². The molecule has 0 bridgehead atoms. The van der Waals surface area contributed by atoms with Crippen molar-refractivity contribution in [3.8, 4) is 0 Å². The SMILES string of the molecule is Cc1ccc(Nc2ccc(NS(=O)(=O)c3ccc(C)cc3)cn2)cc1. The minimum absolute atomic E-state index is 0.222. The summed E-state index contributed by atoms with van der Waals surface area (Å²) in [5.74, 6) is 0.641. The molecule has 0 aliphatic rings. The van der Waals surface area contributed by atoms with Crippen molar-refractivity contribution >= 4 is 27.2 Å². The van der Waals surface area contributed by atoms with Gasteiger partial charge in [-0.2, -0.15) is 0 Å². The van der Waals surface area contributed by atoms with Crippen molar-refractivity contribution in [3.05, 3.63) is 78.0 Å². The van der Waals surface area contributed by atoms with E-state index in [9.17, 15) is 8.42 Å². The van der Waals surface area contributed by atoms with Gasteiger partial charge in [-0.15, -0.1) is 0 Å². The highest BCUT2D eigenvalue weighted by Crippen LogP contribution is 2.19. The van der Waals surface area contributed by atoms with Crippen molar-refractivity contribution in [2.45, 2.75) is 18.7 Å². The summed E-state index contributed by atoms with van der Waals surface area (Å²) >= 11 is 0. The van der Waals surface area contributed by atoms with E-state index in [1.54, 1.807) is 36.4 Å². The molecule has 0 aliphatic heterocycles. The van der Waals surface area contributed by atoms with Gasteiger partial charge in [0.1, 0.15) is 5.82 Å². The number of benzene rings is 2. The summed E-state index contributed by atoms with van der Waals surface area (Å²) in [5.41, 5.74) is 3.52. The zero-order valence-corrected chi connectivity index (χ0v) is 14.8. The Hall–Kier alpha value is -2.86. The van der Waals surface area contributed by atoms with Gasteiger partial charge >= 0.3 is 0 Å². The van der Waals surface area contributed by atoms with E-state index >= 15 is 0 Å². The average molecular weight is 353 g/mol. The van der Waals surface area contributed by atoms with E-state index in [2.05, 4.69) is 15.0 Å². The lowest BCUT2D eigenvalue weighted by molar-refractivity contribution is 0.601. The second-order valence-electron chi connectivity index (χ2n) is 5.84. The second-order valence-corrected chi connectivity index (χ2v) is 7.52. The number of pyridine rings is 1. The van der Waals surface area contributed by atoms with Gasteiger partial charge in [-0.05, 0) is 50.2 Å². The van der Waals surface area contributed by atoms with Crippen molar-refractivity contribution in [1.29, 1.82) is 0 Å². The normalized spacial score (nSPS) is 11.1. The highest BCUT2D eigenvalue weighted by Gasteiger charge is 2.13. The highest BCUT2D eigenvalue weighted by molar-refractivity contribution is 7.92. The van der Waals surface area contributed by atoms with Crippen LogP contribution in [0.5, 0.6) is 0 Å². The Labute approximate surface area is 147 Å². The third-order valence-corrected chi connectivity index (χ3v) is 5.07. The maximum absolute atomic E-state index is 12.4. The fourth-order valence-corrected chi connectivity index (χ4v) is 3.29. The molecule has 0 saturated carbocycles. The van der Waals surface area contributed by atoms with Gasteiger partial charge in [-0.3, -0.25) is 4.72 Å². The van der Waals surface area contributed by atoms with Crippen LogP contribution in [0.25, 0.3) is 0 Å². The van der Waals surface area contributed by atoms with Crippen molar-refractivity contribution < 1.29 is 8.42 Å². The van der Waals surface area contributed by atoms with E-state index in [0.717, 1.165) is 11.3 Å². The lowest BCUT2D eigenvalue weighted by atomic mass is 10.2. The van der Waals surface area contributed by atoms with Crippen molar-refractivity contribution in [2.75, 3.05) is 10.0 Å². The number of aryl methyl sites for hydroxylation is 2. The first-order valence-corrected chi connectivity index (χ1v) is 9.30. The molecule has 0 amide bonds. The summed E-state index contributed by atoms with van der Waals surface area (Å²) in [6.45, 7) is 3.94. The maximum Gasteiger partial charge on any atom is 0.261 e. The molecule has 6 heteroatoms. The first-order chi connectivity index (χ1) is 11.9. The second kappa shape index (κ2) is 6.94. The lowest BCUT2D eigenvalue weighted by Crippen LogP contribution is -2.13. The van der Waals surface area contributed by atoms with Crippen molar-refractivity contribution in [3.63, 3.8) is 0 Å². The Morgan fingerprint density at radius 2 is 1.32 bits per heavy atom. The maximum atomic E-state index is 12.4. The van der Waals surface area contributed by atoms with Gasteiger partial charge in [0.25, 0.3) is 10.0 Å². The molecule has 3 aromatic rings. The van der Waals surface area contributed by atoms with E-state index < -0.39 is 10.0 Å². The van der Waals surface area contributed by atoms with Crippen LogP contribution in [0.1, 0.15) is 11.1 Å². The predicted octanol–water partition coefficient (Wildman–Crippen LogP) is 4.24. The van der Waals surface area contributed by atoms with Crippen LogP contribution in [-0.4, -0.2) is 13.4 Å². The number of hydrogen-bond donors (Lipinski definition) is 2. The van der Waals surface area contributed by atoms with E-state index in [1.807, 2.05) is 38.1 Å². The third kappa shape index (κ3) is 4.36. The molecule has 3 rings (SSSR count). The fraction of sp³-hybridized carbons (Fsp3) is 0.105. The van der Waals surface area contributed by atoms with Crippen LogP contribution in [0.2, 0.25) is 0 Å². The minimum atomic E-state index is -3.62. The molecule has 25 heavy (non-hydrogen) atoms. The molecular weight excluding hydrogens is 334 g/mol. The Morgan fingerprint density at radius 1 is 0.760 bits per heavy atom. The molecule has 5 nitrogen and oxygen atoms in total. The van der Waals surface area contributed by atoms with Crippen LogP contribution in [0.15, 0.2) is 71.8 Å². The Bertz CT molecular complexity index is 949. The Morgan fingerprint density at radius 3 is 1.88 bits per heavy atom. The number of nitrogens with zero attached hydrogens (tertiary/aromatic N) is 1. The molecule has 128 valence electrons. The average Bonchev–Trinajstić information content (AvgIpc) is 2.59. The summed E-state index contributed by atoms with van der Waals surface area (Å²) in [5, 5.41) is 3.17. The van der Waals surface area contributed by atoms with Gasteiger partial charge in [-0.25, -0.2) is 13.4 Å². The number of nitrogens with one attached hydrogen (secondary N) is 2. The molecule has 1 heterocycles. The zero-order valence-electron chi connectivity index (χ0n) is 14.0. The van der Waals surface area contributed by atoms with Gasteiger partial charge in [0.15, 0.2) is 0 Å². The summed E-state index contributed by atoms with van der Waals surface area (Å²) < 4.78 is 27.3. The van der Waals surface area contributed by atoms with Crippen LogP contribution in [-0.2, 0) is 10.0 Å². The van der Waals surface area contributed by atoms with E-state index in [0.29, 0.717) is 11.5 Å². The predicted molar refractivity (Wildman–Crippen MR) is 101 cm³/mol. The van der Waals surface area contributed by atoms with Crippen LogP contribution < -0.4 is 10.0 Å². The third-order valence-electron chi connectivity index (χ3n) is 3.67. The van der Waals surface area contributed by atoms with Crippen molar-refractivity contribution in [1.82, 2.24) is 4.98 Å². The molecular formula is C19H19N3O2S. The first-order valence-electron chi connectivity index (χ1n) is 7.82. The Balaban J connectivity index is 1.71. The highest BCUT2D eigenvalue weighted by atomic mass is 32.2. The van der Waals surface area contributed by atoms with Crippen LogP contribution in [0, 0.1) is 13.8 Å². The molecule has 0 spiro atoms. The van der Waals surface area contributed by atoms with Gasteiger partial charge in [0, 0.05) is 5.69 Å². The number of hydrogen-bond acceptors (Lipinski definition) is 4. The molecule has 0 fully saturated rings. The smallest absolute Gasteiger partial charge is 0.261 e. The van der Waals surface area contributed by atoms with Crippen LogP contribution in [0.4, 0.5) is 17.2 Å². The lowest BCUT2D eigenvalue weighted by Gasteiger charge is -2.10. The van der Waals surface area contributed by atoms with Crippen LogP contribution in [0.3, 0.4) is 0 Å². The fourth-order valence-electron chi connectivity index (χ4n) is 2.24. The van der Waals surface area contributed by atoms with E-state index in [4.69, 9.17) is 0 Å². The largest absolute Gasteiger partial charge is 0.340 e. The van der Waals surface area contributed by atoms with Gasteiger partial charge in [0.2, 0.25) is 0 Å². The molecule has 2 aromatic carbocycles. The number of aromatic nitrogens is 1. The molecule has 2 N–H and O–H groups in total. The standard InChI is InChI=1S/C19H19N3O2S/c1-14-3-7-16(8-4-14)21-19-12-9-17(13-20-19)22-25(23,24)18-10-5-15(2)6-11-18/h3-13,22H,1-2H3,(H,20,21). The van der Waals surface area contributed by atoms with E-state index in [-0.39, 0.29) is 4.90 Å². The molecule has 0 aliphatic carbocycles. The van der Waals surface area contributed by atoms with Crippen LogP contribution >= 0.6 is 0 Å². The van der Waals surface area contributed by atoms with E-state index in [1.165, 1.54) is 11.8 Å². The molecule has 0 radical (unpaired) electrons. The summed E-state index contributed by atoms with van der Waals surface area (Å²) in [7, 11) is -3.62. The quantitative estimate of drug-likeness (QED) is 0.719. The molecule has 1 aromatic heterocycles. The van der Waals surface area contributed by atoms with Gasteiger partial charge < -0.3 is 5.32 Å². The van der Waals surface area contributed by atoms with Crippen molar-refractivity contribution in [2.24, 2.45) is 0 Å².